The number of hydrogen-bond acceptors (Lipinski definition) is 9. The predicted molar refractivity (Wildman–Crippen MR) is 104 cm³/mol. The Morgan fingerprint density at radius 1 is 1.41 bits per heavy atom. The van der Waals surface area contributed by atoms with Gasteiger partial charge in [-0.1, -0.05) is 0 Å². The zero-order chi connectivity index (χ0) is 18.6. The lowest BCUT2D eigenvalue weighted by molar-refractivity contribution is -0.145. The second kappa shape index (κ2) is 8.13. The summed E-state index contributed by atoms with van der Waals surface area (Å²) in [4.78, 5) is 18.9. The summed E-state index contributed by atoms with van der Waals surface area (Å²) in [7, 11) is 0. The predicted octanol–water partition coefficient (Wildman–Crippen LogP) is 3.44. The van der Waals surface area contributed by atoms with E-state index >= 15 is 0 Å². The molecule has 0 aromatic carbocycles. The van der Waals surface area contributed by atoms with Crippen LogP contribution in [0.1, 0.15) is 42.4 Å². The Balaban J connectivity index is 1.16. The Kier molecular flexibility index (Phi) is 5.44. The largest absolute Gasteiger partial charge is 0.457 e. The fourth-order valence-corrected chi connectivity index (χ4v) is 4.24. The molecule has 10 heteroatoms. The second-order valence-corrected chi connectivity index (χ2v) is 8.56. The zero-order valence-corrected chi connectivity index (χ0v) is 16.6. The quantitative estimate of drug-likeness (QED) is 0.431. The Labute approximate surface area is 164 Å². The van der Waals surface area contributed by atoms with Crippen LogP contribution in [0.15, 0.2) is 17.5 Å². The summed E-state index contributed by atoms with van der Waals surface area (Å²) < 4.78 is 7.03. The van der Waals surface area contributed by atoms with Crippen molar-refractivity contribution in [3.05, 3.63) is 28.2 Å². The molecule has 27 heavy (non-hydrogen) atoms. The Morgan fingerprint density at radius 2 is 2.30 bits per heavy atom. The van der Waals surface area contributed by atoms with Gasteiger partial charge in [-0.05, 0) is 48.7 Å². The van der Waals surface area contributed by atoms with Gasteiger partial charge in [-0.25, -0.2) is 9.67 Å². The number of aromatic nitrogens is 5. The number of ether oxygens (including phenoxy) is 1. The van der Waals surface area contributed by atoms with Gasteiger partial charge in [-0.2, -0.15) is 0 Å². The molecule has 8 nitrogen and oxygen atoms in total. The summed E-state index contributed by atoms with van der Waals surface area (Å²) in [5.74, 6) is 0.374. The number of nitrogens with one attached hydrogen (secondary N) is 1. The molecule has 0 unspecified atom stereocenters. The number of aryl methyl sites for hydroxylation is 1. The number of anilines is 1. The maximum Gasteiger partial charge on any atom is 0.306 e. The number of hydrogen-bond donors (Lipinski definition) is 1. The van der Waals surface area contributed by atoms with Crippen LogP contribution in [0, 0.1) is 6.92 Å². The average molecular weight is 405 g/mol. The van der Waals surface area contributed by atoms with E-state index in [0.29, 0.717) is 31.3 Å². The number of nitrogens with zero attached hydrogens (tertiary/aromatic N) is 5. The number of rotatable bonds is 9. The lowest BCUT2D eigenvalue weighted by atomic mass is 10.3. The van der Waals surface area contributed by atoms with Crippen molar-refractivity contribution in [2.75, 3.05) is 11.9 Å². The molecule has 0 radical (unpaired) electrons. The maximum absolute atomic E-state index is 11.9. The van der Waals surface area contributed by atoms with Gasteiger partial charge in [-0.3, -0.25) is 4.79 Å². The lowest BCUT2D eigenvalue weighted by Crippen LogP contribution is -2.11. The Hall–Kier alpha value is -2.33. The molecule has 3 heterocycles. The van der Waals surface area contributed by atoms with Crippen LogP contribution in [0.2, 0.25) is 0 Å². The molecule has 0 amide bonds. The van der Waals surface area contributed by atoms with Crippen LogP contribution in [0.25, 0.3) is 10.6 Å². The van der Waals surface area contributed by atoms with E-state index < -0.39 is 0 Å². The van der Waals surface area contributed by atoms with Gasteiger partial charge in [0.2, 0.25) is 0 Å². The molecule has 1 N–H and O–H groups in total. The SMILES string of the molecule is Cc1ccc(-c2csc(NCCCC(=O)OCc3nnnn3C3CC3)n2)s1. The number of carbonyl (C=O) groups is 1. The van der Waals surface area contributed by atoms with Gasteiger partial charge in [0.25, 0.3) is 0 Å². The van der Waals surface area contributed by atoms with E-state index in [1.807, 2.05) is 5.38 Å². The molecule has 142 valence electrons. The van der Waals surface area contributed by atoms with Crippen LogP contribution in [0.4, 0.5) is 5.13 Å². The van der Waals surface area contributed by atoms with Crippen LogP contribution in [-0.4, -0.2) is 37.7 Å². The molecule has 0 atom stereocenters. The fourth-order valence-electron chi connectivity index (χ4n) is 2.60. The van der Waals surface area contributed by atoms with Crippen LogP contribution >= 0.6 is 22.7 Å². The Morgan fingerprint density at radius 3 is 3.07 bits per heavy atom. The fraction of sp³-hybridized carbons (Fsp3) is 0.471. The van der Waals surface area contributed by atoms with Crippen molar-refractivity contribution < 1.29 is 9.53 Å². The average Bonchev–Trinajstić information content (AvgIpc) is 3.06. The lowest BCUT2D eigenvalue weighted by Gasteiger charge is -2.05. The molecule has 1 aliphatic carbocycles. The van der Waals surface area contributed by atoms with Gasteiger partial charge >= 0.3 is 5.97 Å². The summed E-state index contributed by atoms with van der Waals surface area (Å²) >= 11 is 3.31. The van der Waals surface area contributed by atoms with E-state index in [2.05, 4.69) is 44.9 Å². The van der Waals surface area contributed by atoms with E-state index in [0.717, 1.165) is 23.7 Å². The number of tetrazole rings is 1. The van der Waals surface area contributed by atoms with E-state index in [1.165, 1.54) is 9.75 Å². The number of carbonyl (C=O) groups excluding carboxylic acids is 1. The first kappa shape index (κ1) is 18.1. The van der Waals surface area contributed by atoms with E-state index in [1.54, 1.807) is 27.4 Å². The highest BCUT2D eigenvalue weighted by atomic mass is 32.1. The third kappa shape index (κ3) is 4.69. The van der Waals surface area contributed by atoms with Crippen molar-refractivity contribution >= 4 is 33.8 Å². The van der Waals surface area contributed by atoms with Gasteiger partial charge in [0.05, 0.1) is 16.6 Å². The van der Waals surface area contributed by atoms with Gasteiger partial charge < -0.3 is 10.1 Å². The summed E-state index contributed by atoms with van der Waals surface area (Å²) in [6, 6.07) is 4.56. The minimum atomic E-state index is -0.240. The summed E-state index contributed by atoms with van der Waals surface area (Å²) in [5, 5.41) is 17.7. The van der Waals surface area contributed by atoms with Gasteiger partial charge in [0.15, 0.2) is 17.6 Å². The molecular weight excluding hydrogens is 384 g/mol. The number of thiazole rings is 1. The highest BCUT2D eigenvalue weighted by molar-refractivity contribution is 7.16. The van der Waals surface area contributed by atoms with E-state index in [9.17, 15) is 4.79 Å². The van der Waals surface area contributed by atoms with Crippen molar-refractivity contribution in [2.24, 2.45) is 0 Å². The molecule has 3 aromatic rings. The second-order valence-electron chi connectivity index (χ2n) is 6.41. The minimum absolute atomic E-state index is 0.131. The van der Waals surface area contributed by atoms with Gasteiger partial charge in [0.1, 0.15) is 0 Å². The summed E-state index contributed by atoms with van der Waals surface area (Å²) in [6.07, 6.45) is 3.20. The third-order valence-electron chi connectivity index (χ3n) is 4.15. The molecule has 1 fully saturated rings. The van der Waals surface area contributed by atoms with Crippen LogP contribution < -0.4 is 5.32 Å². The first-order chi connectivity index (χ1) is 13.2. The molecule has 1 aliphatic rings. The van der Waals surface area contributed by atoms with Crippen molar-refractivity contribution in [3.63, 3.8) is 0 Å². The van der Waals surface area contributed by atoms with Crippen LogP contribution in [0.3, 0.4) is 0 Å². The summed E-state index contributed by atoms with van der Waals surface area (Å²) in [6.45, 7) is 2.89. The molecular formula is C17H20N6O2S2. The highest BCUT2D eigenvalue weighted by Gasteiger charge is 2.28. The monoisotopic (exact) mass is 404 g/mol. The number of thiophene rings is 1. The van der Waals surface area contributed by atoms with Gasteiger partial charge in [-0.15, -0.1) is 27.8 Å². The smallest absolute Gasteiger partial charge is 0.306 e. The molecule has 1 saturated carbocycles. The molecule has 3 aromatic heterocycles. The van der Waals surface area contributed by atoms with Gasteiger partial charge in [0, 0.05) is 23.2 Å². The van der Waals surface area contributed by atoms with E-state index in [4.69, 9.17) is 4.74 Å². The molecule has 0 aliphatic heterocycles. The van der Waals surface area contributed by atoms with Crippen LogP contribution in [0.5, 0.6) is 0 Å². The van der Waals surface area contributed by atoms with Crippen LogP contribution in [-0.2, 0) is 16.1 Å². The highest BCUT2D eigenvalue weighted by Crippen LogP contribution is 2.34. The normalized spacial score (nSPS) is 13.7. The standard InChI is InChI=1S/C17H20N6O2S2/c1-11-4-7-14(27-11)13-10-26-17(19-13)18-8-2-3-16(24)25-9-15-20-21-22-23(15)12-5-6-12/h4,7,10,12H,2-3,5-6,8-9H2,1H3,(H,18,19). The third-order valence-corrected chi connectivity index (χ3v) is 5.97. The van der Waals surface area contributed by atoms with Crippen molar-refractivity contribution in [1.82, 2.24) is 25.2 Å². The molecule has 0 saturated heterocycles. The maximum atomic E-state index is 11.9. The number of esters is 1. The topological polar surface area (TPSA) is 94.8 Å². The summed E-state index contributed by atoms with van der Waals surface area (Å²) in [5.41, 5.74) is 0.994. The Bertz CT molecular complexity index is 914. The zero-order valence-electron chi connectivity index (χ0n) is 14.9. The van der Waals surface area contributed by atoms with Crippen molar-refractivity contribution in [1.29, 1.82) is 0 Å². The first-order valence-electron chi connectivity index (χ1n) is 8.87. The van der Waals surface area contributed by atoms with E-state index in [-0.39, 0.29) is 12.6 Å². The van der Waals surface area contributed by atoms with Crippen molar-refractivity contribution in [3.8, 4) is 10.6 Å². The minimum Gasteiger partial charge on any atom is -0.457 e. The molecule has 0 bridgehead atoms. The first-order valence-corrected chi connectivity index (χ1v) is 10.6. The van der Waals surface area contributed by atoms with Crippen molar-refractivity contribution in [2.45, 2.75) is 45.3 Å². The molecule has 0 spiro atoms. The molecule has 4 rings (SSSR count).